The number of alkyl halides is 3. The number of hydrogen-bond acceptors (Lipinski definition) is 6. The van der Waals surface area contributed by atoms with Crippen molar-refractivity contribution in [1.82, 2.24) is 9.97 Å². The Labute approximate surface area is 191 Å². The van der Waals surface area contributed by atoms with Crippen LogP contribution in [0.4, 0.5) is 23.2 Å². The Morgan fingerprint density at radius 1 is 1.03 bits per heavy atom. The molecule has 0 fully saturated rings. The van der Waals surface area contributed by atoms with Crippen molar-refractivity contribution in [2.75, 3.05) is 25.3 Å². The average molecular weight is 481 g/mol. The summed E-state index contributed by atoms with van der Waals surface area (Å²) in [7, 11) is 2.84. The summed E-state index contributed by atoms with van der Waals surface area (Å²) in [6.07, 6.45) is -4.72. The molecule has 0 aliphatic rings. The zero-order chi connectivity index (χ0) is 24.2. The molecule has 1 aromatic heterocycles. The lowest BCUT2D eigenvalue weighted by Gasteiger charge is -2.12. The minimum Gasteiger partial charge on any atom is -0.493 e. The van der Waals surface area contributed by atoms with E-state index >= 15 is 0 Å². The molecule has 33 heavy (non-hydrogen) atoms. The monoisotopic (exact) mass is 481 g/mol. The van der Waals surface area contributed by atoms with Crippen LogP contribution in [0.1, 0.15) is 11.3 Å². The van der Waals surface area contributed by atoms with Crippen LogP contribution in [0.25, 0.3) is 11.3 Å². The molecule has 1 heterocycles. The van der Waals surface area contributed by atoms with Gasteiger partial charge in [-0.3, -0.25) is 4.79 Å². The smallest absolute Gasteiger partial charge is 0.433 e. The van der Waals surface area contributed by atoms with E-state index in [2.05, 4.69) is 15.3 Å². The summed E-state index contributed by atoms with van der Waals surface area (Å²) in [5.41, 5.74) is -0.142. The van der Waals surface area contributed by atoms with Gasteiger partial charge >= 0.3 is 6.18 Å². The van der Waals surface area contributed by atoms with Crippen molar-refractivity contribution in [2.45, 2.75) is 18.3 Å². The maximum Gasteiger partial charge on any atom is 0.433 e. The van der Waals surface area contributed by atoms with Crippen LogP contribution in [0, 0.1) is 12.7 Å². The van der Waals surface area contributed by atoms with Gasteiger partial charge in [-0.2, -0.15) is 13.2 Å². The first-order valence-electron chi connectivity index (χ1n) is 9.48. The van der Waals surface area contributed by atoms with Crippen LogP contribution in [-0.2, 0) is 11.0 Å². The number of carbonyl (C=O) groups excluding carboxylic acids is 1. The number of methoxy groups -OCH3 is 2. The van der Waals surface area contributed by atoms with E-state index < -0.39 is 23.6 Å². The molecule has 0 unspecified atom stereocenters. The average Bonchev–Trinajstić information content (AvgIpc) is 2.79. The summed E-state index contributed by atoms with van der Waals surface area (Å²) < 4.78 is 64.3. The van der Waals surface area contributed by atoms with Crippen LogP contribution < -0.4 is 14.8 Å². The molecule has 0 saturated heterocycles. The minimum atomic E-state index is -4.72. The van der Waals surface area contributed by atoms with Gasteiger partial charge in [-0.1, -0.05) is 17.8 Å². The summed E-state index contributed by atoms with van der Waals surface area (Å²) >= 11 is 0.728. The van der Waals surface area contributed by atoms with Crippen LogP contribution in [0.15, 0.2) is 47.6 Å². The highest BCUT2D eigenvalue weighted by Gasteiger charge is 2.34. The van der Waals surface area contributed by atoms with Gasteiger partial charge in [-0.25, -0.2) is 14.4 Å². The Balaban J connectivity index is 1.84. The number of thioether (sulfide) groups is 1. The number of aryl methyl sites for hydroxylation is 1. The SMILES string of the molecule is COc1ccc(-c2cc(C(F)(F)F)nc(SCC(=O)Nc3ccc(C)c(F)c3)n2)cc1OC. The second-order valence-electron chi connectivity index (χ2n) is 6.79. The number of carbonyl (C=O) groups is 1. The second-order valence-corrected chi connectivity index (χ2v) is 7.73. The number of nitrogens with zero attached hydrogens (tertiary/aromatic N) is 2. The fourth-order valence-corrected chi connectivity index (χ4v) is 3.43. The Morgan fingerprint density at radius 2 is 1.76 bits per heavy atom. The largest absolute Gasteiger partial charge is 0.493 e. The molecule has 0 radical (unpaired) electrons. The number of halogens is 4. The third-order valence-electron chi connectivity index (χ3n) is 4.46. The lowest BCUT2D eigenvalue weighted by atomic mass is 10.1. The number of aromatic nitrogens is 2. The molecule has 3 rings (SSSR count). The molecule has 2 aromatic carbocycles. The van der Waals surface area contributed by atoms with Crippen molar-refractivity contribution >= 4 is 23.4 Å². The van der Waals surface area contributed by atoms with Crippen molar-refractivity contribution in [1.29, 1.82) is 0 Å². The van der Waals surface area contributed by atoms with Gasteiger partial charge in [0.25, 0.3) is 0 Å². The van der Waals surface area contributed by atoms with E-state index in [-0.39, 0.29) is 22.3 Å². The minimum absolute atomic E-state index is 0.00166. The third-order valence-corrected chi connectivity index (χ3v) is 5.31. The normalized spacial score (nSPS) is 11.2. The molecule has 1 N–H and O–H groups in total. The molecule has 0 atom stereocenters. The fraction of sp³-hybridized carbons (Fsp3) is 0.227. The van der Waals surface area contributed by atoms with Crippen LogP contribution in [0.3, 0.4) is 0 Å². The number of hydrogen-bond donors (Lipinski definition) is 1. The van der Waals surface area contributed by atoms with Gasteiger partial charge in [0, 0.05) is 11.3 Å². The van der Waals surface area contributed by atoms with E-state index in [1.54, 1.807) is 13.0 Å². The van der Waals surface area contributed by atoms with E-state index in [1.807, 2.05) is 0 Å². The summed E-state index contributed by atoms with van der Waals surface area (Å²) in [6, 6.07) is 9.59. The van der Waals surface area contributed by atoms with Gasteiger partial charge in [0.1, 0.15) is 11.5 Å². The molecule has 0 bridgehead atoms. The molecule has 174 valence electrons. The number of rotatable bonds is 7. The Hall–Kier alpha value is -3.34. The number of anilines is 1. The van der Waals surface area contributed by atoms with Crippen molar-refractivity contribution in [3.8, 4) is 22.8 Å². The molecule has 1 amide bonds. The van der Waals surface area contributed by atoms with Gasteiger partial charge in [0.05, 0.1) is 25.7 Å². The third kappa shape index (κ3) is 6.13. The van der Waals surface area contributed by atoms with Crippen LogP contribution in [-0.4, -0.2) is 35.8 Å². The first kappa shape index (κ1) is 24.3. The van der Waals surface area contributed by atoms with Crippen LogP contribution in [0.5, 0.6) is 11.5 Å². The fourth-order valence-electron chi connectivity index (χ4n) is 2.78. The van der Waals surface area contributed by atoms with Gasteiger partial charge in [-0.15, -0.1) is 0 Å². The maximum absolute atomic E-state index is 13.6. The zero-order valence-corrected chi connectivity index (χ0v) is 18.6. The zero-order valence-electron chi connectivity index (χ0n) is 17.8. The number of nitrogens with one attached hydrogen (secondary N) is 1. The lowest BCUT2D eigenvalue weighted by Crippen LogP contribution is -2.15. The molecule has 0 saturated carbocycles. The van der Waals surface area contributed by atoms with Gasteiger partial charge in [0.15, 0.2) is 16.7 Å². The first-order valence-corrected chi connectivity index (χ1v) is 10.5. The second kappa shape index (κ2) is 10.1. The Morgan fingerprint density at radius 3 is 2.39 bits per heavy atom. The van der Waals surface area contributed by atoms with Crippen molar-refractivity contribution < 1.29 is 31.8 Å². The predicted octanol–water partition coefficient (Wildman–Crippen LogP) is 5.36. The molecule has 11 heteroatoms. The number of amides is 1. The molecular formula is C22H19F4N3O3S. The molecule has 0 aliphatic heterocycles. The summed E-state index contributed by atoms with van der Waals surface area (Å²) in [4.78, 5) is 19.9. The van der Waals surface area contributed by atoms with Crippen LogP contribution in [0.2, 0.25) is 0 Å². The maximum atomic E-state index is 13.6. The predicted molar refractivity (Wildman–Crippen MR) is 116 cm³/mol. The van der Waals surface area contributed by atoms with E-state index in [4.69, 9.17) is 9.47 Å². The topological polar surface area (TPSA) is 73.3 Å². The molecule has 3 aromatic rings. The summed E-state index contributed by atoms with van der Waals surface area (Å²) in [5, 5.41) is 2.25. The van der Waals surface area contributed by atoms with E-state index in [9.17, 15) is 22.4 Å². The highest BCUT2D eigenvalue weighted by atomic mass is 32.2. The standard InChI is InChI=1S/C22H19F4N3O3S/c1-12-4-6-14(9-15(12)23)27-20(30)11-33-21-28-16(10-19(29-21)22(24,25)26)13-5-7-17(31-2)18(8-13)32-3/h4-10H,11H2,1-3H3,(H,27,30). The van der Waals surface area contributed by atoms with Crippen molar-refractivity contribution in [3.63, 3.8) is 0 Å². The van der Waals surface area contributed by atoms with E-state index in [0.29, 0.717) is 22.6 Å². The molecule has 0 aliphatic carbocycles. The quantitative estimate of drug-likeness (QED) is 0.278. The Bertz CT molecular complexity index is 1170. The molecular weight excluding hydrogens is 462 g/mol. The van der Waals surface area contributed by atoms with Gasteiger partial charge in [-0.05, 0) is 48.9 Å². The summed E-state index contributed by atoms with van der Waals surface area (Å²) in [6.45, 7) is 1.58. The molecule has 0 spiro atoms. The van der Waals surface area contributed by atoms with Crippen molar-refractivity contribution in [3.05, 3.63) is 59.5 Å². The number of benzene rings is 2. The highest BCUT2D eigenvalue weighted by Crippen LogP contribution is 2.35. The molecule has 6 nitrogen and oxygen atoms in total. The number of ether oxygens (including phenoxy) is 2. The van der Waals surface area contributed by atoms with Gasteiger partial charge < -0.3 is 14.8 Å². The van der Waals surface area contributed by atoms with Crippen molar-refractivity contribution in [2.24, 2.45) is 0 Å². The Kier molecular flexibility index (Phi) is 7.42. The van der Waals surface area contributed by atoms with Gasteiger partial charge in [0.2, 0.25) is 5.91 Å². The first-order chi connectivity index (χ1) is 15.6. The highest BCUT2D eigenvalue weighted by molar-refractivity contribution is 7.99. The van der Waals surface area contributed by atoms with E-state index in [1.165, 1.54) is 38.5 Å². The van der Waals surface area contributed by atoms with E-state index in [0.717, 1.165) is 23.9 Å². The van der Waals surface area contributed by atoms with Crippen LogP contribution >= 0.6 is 11.8 Å². The lowest BCUT2D eigenvalue weighted by molar-refractivity contribution is -0.141. The summed E-state index contributed by atoms with van der Waals surface area (Å²) in [5.74, 6) is -0.577.